The Morgan fingerprint density at radius 1 is 1.02 bits per heavy atom. The number of halogens is 2. The summed E-state index contributed by atoms with van der Waals surface area (Å²) < 4.78 is 10.8. The number of carbonyl (C=O) groups excluding carboxylic acids is 3. The zero-order valence-electron chi connectivity index (χ0n) is 21.6. The van der Waals surface area contributed by atoms with Gasteiger partial charge in [-0.1, -0.05) is 35.3 Å². The van der Waals surface area contributed by atoms with Crippen molar-refractivity contribution in [3.8, 4) is 16.8 Å². The van der Waals surface area contributed by atoms with Gasteiger partial charge in [0.25, 0.3) is 0 Å². The summed E-state index contributed by atoms with van der Waals surface area (Å²) in [6, 6.07) is 12.5. The predicted octanol–water partition coefficient (Wildman–Crippen LogP) is 4.04. The summed E-state index contributed by atoms with van der Waals surface area (Å²) in [7, 11) is 2.50. The average Bonchev–Trinajstić information content (AvgIpc) is 3.51. The van der Waals surface area contributed by atoms with Crippen LogP contribution in [0, 0.1) is 0 Å². The minimum Gasteiger partial charge on any atom is -0.469 e. The molecule has 2 N–H and O–H groups in total. The first-order chi connectivity index (χ1) is 19.8. The zero-order valence-corrected chi connectivity index (χ0v) is 23.1. The third-order valence-corrected chi connectivity index (χ3v) is 6.18. The predicted molar refractivity (Wildman–Crippen MR) is 149 cm³/mol. The first kappa shape index (κ1) is 29.1. The number of amides is 2. The lowest BCUT2D eigenvalue weighted by atomic mass is 10.0. The molecule has 1 unspecified atom stereocenters. The molecule has 0 aliphatic heterocycles. The molecule has 0 spiro atoms. The molecule has 2 aromatic heterocycles. The second-order valence-corrected chi connectivity index (χ2v) is 9.09. The van der Waals surface area contributed by atoms with Crippen LogP contribution < -0.4 is 10.6 Å². The van der Waals surface area contributed by atoms with Crippen molar-refractivity contribution in [3.05, 3.63) is 82.4 Å². The summed E-state index contributed by atoms with van der Waals surface area (Å²) in [5, 5.41) is 25.1. The van der Waals surface area contributed by atoms with Gasteiger partial charge in [0.15, 0.2) is 5.15 Å². The van der Waals surface area contributed by atoms with Crippen molar-refractivity contribution in [1.82, 2.24) is 35.7 Å². The monoisotopic (exact) mass is 596 g/mol. The van der Waals surface area contributed by atoms with Crippen molar-refractivity contribution >= 4 is 52.9 Å². The molecule has 0 fully saturated rings. The van der Waals surface area contributed by atoms with Crippen molar-refractivity contribution in [2.45, 2.75) is 12.5 Å². The Kier molecular flexibility index (Phi) is 9.55. The largest absolute Gasteiger partial charge is 0.469 e. The number of esters is 1. The van der Waals surface area contributed by atoms with E-state index in [-0.39, 0.29) is 17.3 Å². The van der Waals surface area contributed by atoms with Crippen molar-refractivity contribution < 1.29 is 23.9 Å². The molecule has 0 saturated heterocycles. The third-order valence-electron chi connectivity index (χ3n) is 5.67. The topological polar surface area (TPSA) is 163 Å². The molecule has 2 amide bonds. The minimum absolute atomic E-state index is 0.0987. The van der Waals surface area contributed by atoms with E-state index < -0.39 is 24.0 Å². The summed E-state index contributed by atoms with van der Waals surface area (Å²) in [6.45, 7) is 0. The van der Waals surface area contributed by atoms with Gasteiger partial charge in [-0.3, -0.25) is 14.9 Å². The van der Waals surface area contributed by atoms with Gasteiger partial charge in [0, 0.05) is 27.9 Å². The summed E-state index contributed by atoms with van der Waals surface area (Å²) in [5.74, 6) is -1.11. The molecule has 15 heteroatoms. The van der Waals surface area contributed by atoms with Crippen LogP contribution in [0.5, 0.6) is 0 Å². The molecule has 2 aromatic carbocycles. The number of rotatable bonds is 9. The van der Waals surface area contributed by atoms with Crippen molar-refractivity contribution in [1.29, 1.82) is 0 Å². The average molecular weight is 597 g/mol. The normalized spacial score (nSPS) is 11.6. The van der Waals surface area contributed by atoms with Gasteiger partial charge in [0.2, 0.25) is 5.91 Å². The van der Waals surface area contributed by atoms with E-state index in [2.05, 4.69) is 41.1 Å². The fraction of sp³-hybridized carbons (Fsp3) is 0.154. The van der Waals surface area contributed by atoms with Crippen LogP contribution in [0.2, 0.25) is 10.2 Å². The molecule has 4 rings (SSSR count). The number of nitrogens with one attached hydrogen (secondary N) is 2. The lowest BCUT2D eigenvalue weighted by Crippen LogP contribution is -2.30. The molecule has 13 nitrogen and oxygen atoms in total. The number of aromatic nitrogens is 6. The summed E-state index contributed by atoms with van der Waals surface area (Å²) in [5.41, 5.74) is 3.08. The van der Waals surface area contributed by atoms with Gasteiger partial charge in [-0.05, 0) is 58.5 Å². The molecule has 0 saturated carbocycles. The quantitative estimate of drug-likeness (QED) is 0.213. The van der Waals surface area contributed by atoms with Crippen LogP contribution >= 0.6 is 23.2 Å². The standard InChI is InChI=1S/C26H22Cl2N8O5/c1-40-24(38)13-20(31-23(37)10-5-16-11-17(27)6-9-22(16)36-14-29-34-35-36)21-12-19(25(28)33-32-21)15-3-7-18(8-4-15)30-26(39)41-2/h3-12,14,20H,13H2,1-2H3,(H,30,39)(H,31,37)/b10-5+. The second kappa shape index (κ2) is 13.5. The fourth-order valence-corrected chi connectivity index (χ4v) is 4.05. The number of anilines is 1. The van der Waals surface area contributed by atoms with Crippen LogP contribution in [0.25, 0.3) is 22.9 Å². The number of ether oxygens (including phenoxy) is 2. The Morgan fingerprint density at radius 2 is 1.80 bits per heavy atom. The molecule has 0 radical (unpaired) electrons. The maximum Gasteiger partial charge on any atom is 0.411 e. The van der Waals surface area contributed by atoms with Crippen LogP contribution in [0.15, 0.2) is 60.9 Å². The highest BCUT2D eigenvalue weighted by Gasteiger charge is 2.22. The highest BCUT2D eigenvalue weighted by atomic mass is 35.5. The third kappa shape index (κ3) is 7.62. The van der Waals surface area contributed by atoms with E-state index in [1.54, 1.807) is 48.5 Å². The molecule has 1 atom stereocenters. The lowest BCUT2D eigenvalue weighted by molar-refractivity contribution is -0.141. The van der Waals surface area contributed by atoms with E-state index in [9.17, 15) is 14.4 Å². The van der Waals surface area contributed by atoms with Crippen LogP contribution in [0.4, 0.5) is 10.5 Å². The molecule has 41 heavy (non-hydrogen) atoms. The van der Waals surface area contributed by atoms with Crippen molar-refractivity contribution in [3.63, 3.8) is 0 Å². The number of hydrogen-bond acceptors (Lipinski definition) is 10. The molecule has 0 bridgehead atoms. The van der Waals surface area contributed by atoms with Gasteiger partial charge in [-0.2, -0.15) is 9.78 Å². The van der Waals surface area contributed by atoms with Gasteiger partial charge in [-0.15, -0.1) is 10.2 Å². The van der Waals surface area contributed by atoms with E-state index in [4.69, 9.17) is 27.9 Å². The SMILES string of the molecule is COC(=O)CC(NC(=O)/C=C/c1cc(Cl)ccc1-n1cnnn1)c1cc(-c2ccc(NC(=O)OC)cc2)c(Cl)nn1. The highest BCUT2D eigenvalue weighted by Crippen LogP contribution is 2.30. The Labute approximate surface area is 243 Å². The number of carbonyl (C=O) groups is 3. The van der Waals surface area contributed by atoms with Crippen LogP contribution in [0.1, 0.15) is 23.7 Å². The molecule has 4 aromatic rings. The van der Waals surface area contributed by atoms with Gasteiger partial charge < -0.3 is 14.8 Å². The molecule has 210 valence electrons. The first-order valence-electron chi connectivity index (χ1n) is 11.8. The smallest absolute Gasteiger partial charge is 0.411 e. The van der Waals surface area contributed by atoms with Crippen LogP contribution in [0.3, 0.4) is 0 Å². The van der Waals surface area contributed by atoms with Crippen LogP contribution in [-0.2, 0) is 19.1 Å². The van der Waals surface area contributed by atoms with Gasteiger partial charge in [-0.25, -0.2) is 4.79 Å². The Hall–Kier alpha value is -4.88. The lowest BCUT2D eigenvalue weighted by Gasteiger charge is -2.17. The fourth-order valence-electron chi connectivity index (χ4n) is 3.67. The van der Waals surface area contributed by atoms with Crippen molar-refractivity contribution in [2.24, 2.45) is 0 Å². The number of hydrogen-bond donors (Lipinski definition) is 2. The van der Waals surface area contributed by atoms with E-state index in [1.807, 2.05) is 0 Å². The second-order valence-electron chi connectivity index (χ2n) is 8.30. The number of methoxy groups -OCH3 is 2. The molecular formula is C26H22Cl2N8O5. The summed E-state index contributed by atoms with van der Waals surface area (Å²) in [6.07, 6.45) is 3.40. The van der Waals surface area contributed by atoms with E-state index in [0.29, 0.717) is 33.1 Å². The molecule has 0 aliphatic rings. The Bertz CT molecular complexity index is 1580. The van der Waals surface area contributed by atoms with E-state index in [1.165, 1.54) is 37.4 Å². The van der Waals surface area contributed by atoms with Gasteiger partial charge in [0.1, 0.15) is 6.33 Å². The first-order valence-corrected chi connectivity index (χ1v) is 12.6. The number of nitrogens with zero attached hydrogens (tertiary/aromatic N) is 6. The zero-order chi connectivity index (χ0) is 29.4. The van der Waals surface area contributed by atoms with E-state index in [0.717, 1.165) is 0 Å². The maximum atomic E-state index is 13.0. The molecule has 2 heterocycles. The maximum absolute atomic E-state index is 13.0. The number of benzene rings is 2. The highest BCUT2D eigenvalue weighted by molar-refractivity contribution is 6.32. The van der Waals surface area contributed by atoms with Crippen LogP contribution in [-0.4, -0.2) is 62.6 Å². The summed E-state index contributed by atoms with van der Waals surface area (Å²) in [4.78, 5) is 36.6. The van der Waals surface area contributed by atoms with Crippen molar-refractivity contribution in [2.75, 3.05) is 19.5 Å². The van der Waals surface area contributed by atoms with E-state index >= 15 is 0 Å². The Balaban J connectivity index is 1.58. The minimum atomic E-state index is -0.901. The van der Waals surface area contributed by atoms with Gasteiger partial charge in [0.05, 0.1) is 38.1 Å². The Morgan fingerprint density at radius 3 is 2.49 bits per heavy atom. The molecule has 0 aliphatic carbocycles. The number of tetrazole rings is 1. The molecular weight excluding hydrogens is 575 g/mol. The van der Waals surface area contributed by atoms with Gasteiger partial charge >= 0.3 is 12.1 Å². The summed E-state index contributed by atoms with van der Waals surface area (Å²) >= 11 is 12.5.